The number of para-hydroxylation sites is 1. The van der Waals surface area contributed by atoms with Gasteiger partial charge in [0, 0.05) is 49.9 Å². The normalized spacial score (nSPS) is 12.2. The highest BCUT2D eigenvalue weighted by molar-refractivity contribution is 6.01. The zero-order valence-electron chi connectivity index (χ0n) is 27.0. The lowest BCUT2D eigenvalue weighted by Crippen LogP contribution is -2.33. The number of nitrogens with zero attached hydrogens (tertiary/aromatic N) is 4. The molecule has 1 N–H and O–H groups in total. The predicted molar refractivity (Wildman–Crippen MR) is 173 cm³/mol. The Morgan fingerprint density at radius 2 is 1.30 bits per heavy atom. The van der Waals surface area contributed by atoms with Gasteiger partial charge < -0.3 is 29.2 Å². The van der Waals surface area contributed by atoms with Crippen LogP contribution in [0.2, 0.25) is 0 Å². The van der Waals surface area contributed by atoms with Crippen molar-refractivity contribution in [2.45, 2.75) is 39.7 Å². The van der Waals surface area contributed by atoms with Crippen LogP contribution in [0.4, 0.5) is 5.69 Å². The number of carbonyl (C=O) groups excluding carboxylic acids is 3. The second-order valence-corrected chi connectivity index (χ2v) is 11.2. The van der Waals surface area contributed by atoms with Crippen LogP contribution in [-0.2, 0) is 46.9 Å². The van der Waals surface area contributed by atoms with Gasteiger partial charge in [-0.05, 0) is 11.6 Å². The van der Waals surface area contributed by atoms with Crippen LogP contribution in [0.25, 0.3) is 22.5 Å². The zero-order chi connectivity index (χ0) is 32.7. The van der Waals surface area contributed by atoms with Crippen LogP contribution in [0.15, 0.2) is 48.5 Å². The van der Waals surface area contributed by atoms with Gasteiger partial charge in [-0.15, -0.1) is 0 Å². The van der Waals surface area contributed by atoms with Gasteiger partial charge in [-0.3, -0.25) is 14.4 Å². The number of nitrogens with one attached hydrogen (secondary N) is 1. The molecule has 0 saturated carbocycles. The number of aromatic nitrogens is 3. The fraction of sp³-hybridized carbons (Fsp3) is 0.500. The molecule has 0 atom stereocenters. The third-order valence-electron chi connectivity index (χ3n) is 7.45. The van der Waals surface area contributed by atoms with Crippen molar-refractivity contribution in [1.82, 2.24) is 20.3 Å². The summed E-state index contributed by atoms with van der Waals surface area (Å²) >= 11 is 0. The summed E-state index contributed by atoms with van der Waals surface area (Å²) in [6.07, 6.45) is 0.567. The number of aryl methyl sites for hydroxylation is 1. The Morgan fingerprint density at radius 1 is 0.739 bits per heavy atom. The molecule has 0 unspecified atom stereocenters. The van der Waals surface area contributed by atoms with E-state index in [-0.39, 0.29) is 36.4 Å². The standard InChI is InChI=1S/C34H45N5O7/c1-25(2)30(40)14-16-43-18-20-45-22-23-46-21-19-44-17-15-35-31(41)12-13-32(42)39-24-26-8-4-5-9-27(26)33-34(37-38(3)36-33)28-10-6-7-11-29(28)39/h4-11,25H,12-24H2,1-3H3,(H,35,41). The molecule has 248 valence electrons. The average Bonchev–Trinajstić information content (AvgIpc) is 3.44. The molecule has 0 radical (unpaired) electrons. The van der Waals surface area contributed by atoms with Gasteiger partial charge in [-0.25, -0.2) is 0 Å². The number of Topliss-reactive ketones (excluding diaryl/α,β-unsaturated/α-hetero) is 1. The number of anilines is 1. The second-order valence-electron chi connectivity index (χ2n) is 11.2. The van der Waals surface area contributed by atoms with Crippen molar-refractivity contribution in [2.75, 3.05) is 64.3 Å². The van der Waals surface area contributed by atoms with Crippen molar-refractivity contribution in [3.05, 3.63) is 54.1 Å². The van der Waals surface area contributed by atoms with E-state index in [1.807, 2.05) is 62.4 Å². The number of carbonyl (C=O) groups is 3. The summed E-state index contributed by atoms with van der Waals surface area (Å²) in [6.45, 7) is 7.81. The SMILES string of the molecule is CC(C)C(=O)CCOCCOCCOCCOCCNC(=O)CCC(=O)N1Cc2ccccc2-c2nn(C)nc2-c2ccccc21. The third-order valence-corrected chi connectivity index (χ3v) is 7.45. The molecule has 4 rings (SSSR count). The summed E-state index contributed by atoms with van der Waals surface area (Å²) in [7, 11) is 1.79. The summed E-state index contributed by atoms with van der Waals surface area (Å²) in [6, 6.07) is 15.6. The van der Waals surface area contributed by atoms with E-state index in [1.165, 1.54) is 0 Å². The van der Waals surface area contributed by atoms with Crippen molar-refractivity contribution in [1.29, 1.82) is 0 Å². The highest BCUT2D eigenvalue weighted by atomic mass is 16.6. The largest absolute Gasteiger partial charge is 0.379 e. The first-order chi connectivity index (χ1) is 22.3. The van der Waals surface area contributed by atoms with Gasteiger partial charge >= 0.3 is 0 Å². The van der Waals surface area contributed by atoms with E-state index in [9.17, 15) is 14.4 Å². The smallest absolute Gasteiger partial charge is 0.227 e. The molecule has 0 bridgehead atoms. The number of benzene rings is 2. The molecular formula is C34H45N5O7. The maximum atomic E-state index is 13.5. The van der Waals surface area contributed by atoms with Crippen LogP contribution >= 0.6 is 0 Å². The zero-order valence-corrected chi connectivity index (χ0v) is 27.0. The van der Waals surface area contributed by atoms with Crippen molar-refractivity contribution >= 4 is 23.3 Å². The summed E-state index contributed by atoms with van der Waals surface area (Å²) in [5, 5.41) is 12.1. The van der Waals surface area contributed by atoms with Crippen molar-refractivity contribution in [3.8, 4) is 22.5 Å². The molecule has 1 aliphatic heterocycles. The van der Waals surface area contributed by atoms with Crippen LogP contribution < -0.4 is 10.2 Å². The van der Waals surface area contributed by atoms with Gasteiger partial charge in [0.1, 0.15) is 17.2 Å². The number of fused-ring (bicyclic) bond motifs is 5. The summed E-state index contributed by atoms with van der Waals surface area (Å²) in [5.41, 5.74) is 4.96. The minimum atomic E-state index is -0.210. The molecule has 1 aromatic heterocycles. The lowest BCUT2D eigenvalue weighted by molar-refractivity contribution is -0.125. The van der Waals surface area contributed by atoms with Crippen molar-refractivity contribution < 1.29 is 33.3 Å². The molecule has 2 heterocycles. The number of ketones is 1. The first kappa shape index (κ1) is 34.9. The van der Waals surface area contributed by atoms with Gasteiger partial charge in [-0.1, -0.05) is 56.3 Å². The lowest BCUT2D eigenvalue weighted by Gasteiger charge is -2.28. The first-order valence-corrected chi connectivity index (χ1v) is 15.8. The van der Waals surface area contributed by atoms with Crippen LogP contribution in [0.3, 0.4) is 0 Å². The highest BCUT2D eigenvalue weighted by Gasteiger charge is 2.28. The van der Waals surface area contributed by atoms with Gasteiger partial charge in [0.15, 0.2) is 0 Å². The molecule has 0 saturated heterocycles. The predicted octanol–water partition coefficient (Wildman–Crippen LogP) is 3.57. The van der Waals surface area contributed by atoms with Crippen LogP contribution in [0.1, 0.15) is 38.7 Å². The maximum Gasteiger partial charge on any atom is 0.227 e. The topological polar surface area (TPSA) is 134 Å². The minimum absolute atomic E-state index is 0.0394. The van der Waals surface area contributed by atoms with Gasteiger partial charge in [0.2, 0.25) is 11.8 Å². The monoisotopic (exact) mass is 635 g/mol. The molecule has 0 fully saturated rings. The van der Waals surface area contributed by atoms with Crippen molar-refractivity contribution in [2.24, 2.45) is 13.0 Å². The molecule has 2 aromatic carbocycles. The quantitative estimate of drug-likeness (QED) is 0.196. The van der Waals surface area contributed by atoms with E-state index in [1.54, 1.807) is 16.7 Å². The molecule has 46 heavy (non-hydrogen) atoms. The van der Waals surface area contributed by atoms with Crippen LogP contribution in [0, 0.1) is 5.92 Å². The second kappa shape index (κ2) is 18.2. The van der Waals surface area contributed by atoms with Gasteiger partial charge in [0.05, 0.1) is 65.1 Å². The number of ether oxygens (including phenoxy) is 4. The average molecular weight is 636 g/mol. The molecule has 0 aliphatic carbocycles. The number of hydrogen-bond donors (Lipinski definition) is 1. The van der Waals surface area contributed by atoms with Crippen LogP contribution in [-0.4, -0.2) is 92.0 Å². The fourth-order valence-corrected chi connectivity index (χ4v) is 4.98. The fourth-order valence-electron chi connectivity index (χ4n) is 4.98. The molecule has 12 heteroatoms. The summed E-state index contributed by atoms with van der Waals surface area (Å²) < 4.78 is 21.8. The summed E-state index contributed by atoms with van der Waals surface area (Å²) in [4.78, 5) is 40.9. The molecule has 3 aromatic rings. The van der Waals surface area contributed by atoms with Crippen molar-refractivity contribution in [3.63, 3.8) is 0 Å². The first-order valence-electron chi connectivity index (χ1n) is 15.8. The number of amides is 2. The van der Waals surface area contributed by atoms with Crippen LogP contribution in [0.5, 0.6) is 0 Å². The number of hydrogen-bond acceptors (Lipinski definition) is 9. The van der Waals surface area contributed by atoms with E-state index >= 15 is 0 Å². The third kappa shape index (κ3) is 10.3. The molecular weight excluding hydrogens is 590 g/mol. The van der Waals surface area contributed by atoms with E-state index < -0.39 is 0 Å². The molecule has 2 amide bonds. The molecule has 0 spiro atoms. The van der Waals surface area contributed by atoms with Gasteiger partial charge in [0.25, 0.3) is 0 Å². The minimum Gasteiger partial charge on any atom is -0.379 e. The molecule has 12 nitrogen and oxygen atoms in total. The Balaban J connectivity index is 1.10. The van der Waals surface area contributed by atoms with E-state index in [0.717, 1.165) is 28.1 Å². The number of rotatable bonds is 19. The lowest BCUT2D eigenvalue weighted by atomic mass is 9.95. The van der Waals surface area contributed by atoms with E-state index in [2.05, 4.69) is 15.5 Å². The Morgan fingerprint density at radius 3 is 1.98 bits per heavy atom. The Labute approximate surface area is 270 Å². The van der Waals surface area contributed by atoms with E-state index in [0.29, 0.717) is 78.1 Å². The molecule has 1 aliphatic rings. The maximum absolute atomic E-state index is 13.5. The van der Waals surface area contributed by atoms with Gasteiger partial charge in [-0.2, -0.15) is 15.0 Å². The Bertz CT molecular complexity index is 1440. The Kier molecular flexibility index (Phi) is 13.8. The van der Waals surface area contributed by atoms with E-state index in [4.69, 9.17) is 18.9 Å². The Hall–Kier alpha value is -3.97. The highest BCUT2D eigenvalue weighted by Crippen LogP contribution is 2.40. The summed E-state index contributed by atoms with van der Waals surface area (Å²) in [5.74, 6) is -0.116.